The predicted molar refractivity (Wildman–Crippen MR) is 213 cm³/mol. The van der Waals surface area contributed by atoms with Gasteiger partial charge in [0, 0.05) is 63.6 Å². The van der Waals surface area contributed by atoms with Gasteiger partial charge in [-0.05, 0) is 62.8 Å². The maximum Gasteiger partial charge on any atom is 0.267 e. The van der Waals surface area contributed by atoms with Gasteiger partial charge in [0.1, 0.15) is 34.2 Å². The highest BCUT2D eigenvalue weighted by Crippen LogP contribution is 2.34. The molecule has 0 bridgehead atoms. The van der Waals surface area contributed by atoms with Crippen LogP contribution in [0, 0.1) is 25.6 Å². The molecule has 0 saturated carbocycles. The van der Waals surface area contributed by atoms with Crippen LogP contribution in [0.25, 0.3) is 0 Å². The fraction of sp³-hybridized carbons (Fsp3) is 0.385. The second-order valence-corrected chi connectivity index (χ2v) is 15.3. The van der Waals surface area contributed by atoms with Crippen molar-refractivity contribution in [2.75, 3.05) is 66.1 Å². The number of thiazole rings is 1. The van der Waals surface area contributed by atoms with Crippen LogP contribution < -0.4 is 25.8 Å². The molecule has 6 heterocycles. The van der Waals surface area contributed by atoms with Crippen LogP contribution in [0.5, 0.6) is 0 Å². The number of carbonyl (C=O) groups excluding carboxylic acids is 5. The number of benzene rings is 2. The van der Waals surface area contributed by atoms with Crippen molar-refractivity contribution in [3.63, 3.8) is 0 Å². The van der Waals surface area contributed by atoms with Crippen LogP contribution in [0.15, 0.2) is 42.6 Å². The highest BCUT2D eigenvalue weighted by molar-refractivity contribution is 7.17. The van der Waals surface area contributed by atoms with Crippen molar-refractivity contribution in [1.29, 1.82) is 0 Å². The number of aromatic nitrogens is 3. The molecule has 4 aliphatic heterocycles. The third-order valence-electron chi connectivity index (χ3n) is 9.97. The van der Waals surface area contributed by atoms with Crippen LogP contribution in [0.4, 0.5) is 32.5 Å². The van der Waals surface area contributed by atoms with E-state index in [1.807, 2.05) is 23.2 Å². The smallest absolute Gasteiger partial charge is 0.267 e. The molecule has 1 unspecified atom stereocenters. The number of hydrogen-bond donors (Lipinski definition) is 3. The topological polar surface area (TPSA) is 173 Å². The number of aryl methyl sites for hydroxylation is 2. The molecule has 3 saturated heterocycles. The molecule has 3 fully saturated rings. The lowest BCUT2D eigenvalue weighted by Crippen LogP contribution is -2.54. The van der Waals surface area contributed by atoms with Crippen molar-refractivity contribution in [3.05, 3.63) is 80.8 Å². The number of imide groups is 2. The first-order chi connectivity index (χ1) is 30.4. The summed E-state index contributed by atoms with van der Waals surface area (Å²) >= 11 is 7.38. The summed E-state index contributed by atoms with van der Waals surface area (Å²) in [6.07, 6.45) is 1.69. The first kappa shape index (κ1) is 29.7. The Bertz CT molecular complexity index is 2620. The van der Waals surface area contributed by atoms with Crippen molar-refractivity contribution in [2.24, 2.45) is 5.92 Å². The number of para-hydroxylation sites is 1. The second kappa shape index (κ2) is 15.8. The van der Waals surface area contributed by atoms with Crippen molar-refractivity contribution in [1.82, 2.24) is 30.1 Å². The first-order valence-electron chi connectivity index (χ1n) is 22.0. The van der Waals surface area contributed by atoms with E-state index in [0.717, 1.165) is 16.9 Å². The van der Waals surface area contributed by atoms with Crippen LogP contribution in [-0.4, -0.2) is 106 Å². The Balaban J connectivity index is 0.960. The quantitative estimate of drug-likeness (QED) is 0.198. The molecular formula is C39H40ClFN10O5S. The zero-order chi connectivity index (χ0) is 47.1. The van der Waals surface area contributed by atoms with Gasteiger partial charge in [0.05, 0.1) is 39.2 Å². The van der Waals surface area contributed by atoms with Gasteiger partial charge in [-0.25, -0.2) is 19.3 Å². The first-order valence-corrected chi connectivity index (χ1v) is 19.2. The van der Waals surface area contributed by atoms with Gasteiger partial charge >= 0.3 is 0 Å². The molecular weight excluding hydrogens is 775 g/mol. The fourth-order valence-corrected chi connectivity index (χ4v) is 8.02. The summed E-state index contributed by atoms with van der Waals surface area (Å²) in [6.45, 7) is -9.86. The minimum atomic E-state index is -3.49. The Morgan fingerprint density at radius 2 is 1.74 bits per heavy atom. The van der Waals surface area contributed by atoms with E-state index in [0.29, 0.717) is 86.0 Å². The van der Waals surface area contributed by atoms with Gasteiger partial charge in [-0.3, -0.25) is 39.1 Å². The van der Waals surface area contributed by atoms with Crippen LogP contribution in [0.3, 0.4) is 0 Å². The third-order valence-corrected chi connectivity index (χ3v) is 11.2. The van der Waals surface area contributed by atoms with Crippen LogP contribution in [-0.2, 0) is 9.59 Å². The van der Waals surface area contributed by atoms with Crippen molar-refractivity contribution < 1.29 is 39.3 Å². The molecule has 18 heteroatoms. The summed E-state index contributed by atoms with van der Waals surface area (Å²) in [5.41, 5.74) is -0.800. The number of fused-ring (bicyclic) bond motifs is 1. The minimum Gasteiger partial charge on any atom is -0.367 e. The van der Waals surface area contributed by atoms with Gasteiger partial charge in [0.2, 0.25) is 11.8 Å². The molecule has 2 aromatic heterocycles. The number of carbonyl (C=O) groups is 5. The molecule has 8 rings (SSSR count). The summed E-state index contributed by atoms with van der Waals surface area (Å²) in [6, 6.07) is 6.76. The van der Waals surface area contributed by atoms with Gasteiger partial charge in [-0.2, -0.15) is 0 Å². The summed E-state index contributed by atoms with van der Waals surface area (Å²) in [4.78, 5) is 80.7. The molecule has 4 aromatic rings. The number of halogens is 2. The molecule has 2 aromatic carbocycles. The number of amides is 5. The molecule has 0 radical (unpaired) electrons. The summed E-state index contributed by atoms with van der Waals surface area (Å²) in [5.74, 6) is -4.71. The Labute approximate surface area is 347 Å². The number of piperidine rings is 2. The Kier molecular flexibility index (Phi) is 8.22. The highest BCUT2D eigenvalue weighted by atomic mass is 35.5. The van der Waals surface area contributed by atoms with Crippen LogP contribution in [0.1, 0.15) is 78.4 Å². The maximum atomic E-state index is 16.1. The molecule has 0 aliphatic carbocycles. The molecule has 1 atom stereocenters. The van der Waals surface area contributed by atoms with E-state index < -0.39 is 96.7 Å². The Morgan fingerprint density at radius 3 is 2.46 bits per heavy atom. The van der Waals surface area contributed by atoms with E-state index in [4.69, 9.17) is 22.6 Å². The van der Waals surface area contributed by atoms with E-state index >= 15 is 4.39 Å². The molecule has 15 nitrogen and oxygen atoms in total. The number of anilines is 5. The Morgan fingerprint density at radius 1 is 1.00 bits per heavy atom. The number of rotatable bonds is 9. The maximum absolute atomic E-state index is 16.1. The second-order valence-electron chi connectivity index (χ2n) is 13.8. The third kappa shape index (κ3) is 7.91. The zero-order valence-corrected chi connectivity index (χ0v) is 32.1. The number of nitrogens with one attached hydrogen (secondary N) is 3. The predicted octanol–water partition coefficient (Wildman–Crippen LogP) is 4.78. The van der Waals surface area contributed by atoms with E-state index in [1.54, 1.807) is 25.1 Å². The van der Waals surface area contributed by atoms with E-state index in [-0.39, 0.29) is 17.7 Å². The molecule has 296 valence electrons. The fourth-order valence-electron chi connectivity index (χ4n) is 7.03. The van der Waals surface area contributed by atoms with Crippen LogP contribution >= 0.6 is 22.9 Å². The summed E-state index contributed by atoms with van der Waals surface area (Å²) < 4.78 is 88.0. The number of hydrogen-bond acceptors (Lipinski definition) is 13. The molecule has 5 amide bonds. The standard InChI is InChI=1S/C39H40ClFN10O5S/c1-21-4-3-5-26(40)34(21)47-36(54)30-19-42-39(57-30)45-31-18-32(44-22(2)43-31)50-10-8-23(9-11-50)20-48-12-14-49(15-13-48)29-17-25-24(16-27(29)41)37(55)51(38(25)56)28-6-7-33(52)46-35(28)53/h3-5,16-19,23,28H,6-15,20H2,1-2H3,(H,47,54)(H,46,52,53)(H,42,43,44,45)/i12D2,13D2,14D2,15D2. The van der Waals surface area contributed by atoms with Crippen LogP contribution in [0.2, 0.25) is 5.02 Å². The van der Waals surface area contributed by atoms with E-state index in [9.17, 15) is 24.0 Å². The Hall–Kier alpha value is -5.52. The highest BCUT2D eigenvalue weighted by Gasteiger charge is 2.45. The average Bonchev–Trinajstić information content (AvgIpc) is 3.79. The van der Waals surface area contributed by atoms with Crippen molar-refractivity contribution in [3.8, 4) is 0 Å². The lowest BCUT2D eigenvalue weighted by Gasteiger charge is -2.40. The van der Waals surface area contributed by atoms with Gasteiger partial charge in [-0.15, -0.1) is 0 Å². The molecule has 57 heavy (non-hydrogen) atoms. The molecule has 3 N–H and O–H groups in total. The lowest BCUT2D eigenvalue weighted by atomic mass is 9.96. The van der Waals surface area contributed by atoms with Gasteiger partial charge in [0.15, 0.2) is 5.13 Å². The van der Waals surface area contributed by atoms with E-state index in [2.05, 4.69) is 25.6 Å². The van der Waals surface area contributed by atoms with Gasteiger partial charge in [-0.1, -0.05) is 35.1 Å². The number of nitrogens with zero attached hydrogens (tertiary/aromatic N) is 7. The van der Waals surface area contributed by atoms with Gasteiger partial charge in [0.25, 0.3) is 17.7 Å². The monoisotopic (exact) mass is 822 g/mol. The average molecular weight is 823 g/mol. The summed E-state index contributed by atoms with van der Waals surface area (Å²) in [7, 11) is 0. The minimum absolute atomic E-state index is 0.00690. The van der Waals surface area contributed by atoms with Crippen molar-refractivity contribution >= 4 is 80.6 Å². The molecule has 4 aliphatic rings. The zero-order valence-electron chi connectivity index (χ0n) is 38.5. The van der Waals surface area contributed by atoms with E-state index in [1.165, 1.54) is 6.20 Å². The van der Waals surface area contributed by atoms with Gasteiger partial charge < -0.3 is 20.4 Å². The largest absolute Gasteiger partial charge is 0.367 e. The lowest BCUT2D eigenvalue weighted by molar-refractivity contribution is -0.136. The SMILES string of the molecule is [2H]C1([2H])N(CC2CCN(c3cc(Nc4ncc(C(=O)Nc5c(C)cccc5Cl)s4)nc(C)n3)CC2)C([2H])([2H])C([2H])([2H])N(c2cc3c(cc2F)C(=O)N(C2CCC(=O)NC2=O)C3=O)C1([2H])[2H]. The summed E-state index contributed by atoms with van der Waals surface area (Å²) in [5, 5.41) is 8.75. The molecule has 0 spiro atoms. The number of piperazine rings is 1. The van der Waals surface area contributed by atoms with Crippen molar-refractivity contribution in [2.45, 2.75) is 45.6 Å². The normalized spacial score (nSPS) is 24.8.